The molecular weight excluding hydrogens is 472 g/mol. The minimum atomic E-state index is -0.319. The molecule has 174 valence electrons. The van der Waals surface area contributed by atoms with Gasteiger partial charge in [-0.15, -0.1) is 0 Å². The molecule has 1 saturated heterocycles. The van der Waals surface area contributed by atoms with Crippen LogP contribution in [0, 0.1) is 6.92 Å². The molecule has 8 nitrogen and oxygen atoms in total. The van der Waals surface area contributed by atoms with Crippen molar-refractivity contribution in [1.82, 2.24) is 19.9 Å². The molecule has 0 radical (unpaired) electrons. The third-order valence-electron chi connectivity index (χ3n) is 5.79. The molecule has 0 saturated carbocycles. The van der Waals surface area contributed by atoms with E-state index in [9.17, 15) is 4.79 Å². The number of hydrogen-bond donors (Lipinski definition) is 1. The number of aryl methyl sites for hydroxylation is 1. The predicted octanol–water partition coefficient (Wildman–Crippen LogP) is 5.36. The molecule has 0 atom stereocenters. The van der Waals surface area contributed by atoms with Crippen molar-refractivity contribution in [2.24, 2.45) is 0 Å². The number of rotatable bonds is 5. The minimum absolute atomic E-state index is 0.305. The van der Waals surface area contributed by atoms with Crippen molar-refractivity contribution in [2.75, 3.05) is 30.4 Å². The van der Waals surface area contributed by atoms with Gasteiger partial charge in [-0.1, -0.05) is 22.9 Å². The average Bonchev–Trinajstić information content (AvgIpc) is 3.25. The van der Waals surface area contributed by atoms with Crippen LogP contribution in [0.5, 0.6) is 5.75 Å². The van der Waals surface area contributed by atoms with Gasteiger partial charge in [-0.2, -0.15) is 0 Å². The molecule has 4 aromatic rings. The van der Waals surface area contributed by atoms with Crippen LogP contribution in [0.1, 0.15) is 35.3 Å². The topological polar surface area (TPSA) is 93.1 Å². The first-order valence-corrected chi connectivity index (χ1v) is 12.2. The van der Waals surface area contributed by atoms with Crippen molar-refractivity contribution in [3.05, 3.63) is 53.2 Å². The second kappa shape index (κ2) is 9.52. The maximum absolute atomic E-state index is 13.3. The van der Waals surface area contributed by atoms with E-state index in [1.165, 1.54) is 36.8 Å². The maximum Gasteiger partial charge on any atom is 0.259 e. The van der Waals surface area contributed by atoms with Crippen LogP contribution in [-0.2, 0) is 0 Å². The van der Waals surface area contributed by atoms with Crippen LogP contribution in [0.15, 0.2) is 36.8 Å². The number of ether oxygens (including phenoxy) is 1. The van der Waals surface area contributed by atoms with Gasteiger partial charge in [0, 0.05) is 42.2 Å². The summed E-state index contributed by atoms with van der Waals surface area (Å²) in [5, 5.41) is 3.73. The standard InChI is InChI=1S/C24H23ClN6O2S/c1-14-8-15(16-9-21(25)27-13-19(16)33-2)17(11-26-14)23(32)30-24-29-18-12-28-22(10-20(18)34-24)31-6-4-3-5-7-31/h8-13H,3-7H2,1-2H3,(H,29,30,32). The number of carbonyl (C=O) groups excluding carboxylic acids is 1. The molecule has 1 aliphatic rings. The van der Waals surface area contributed by atoms with Crippen LogP contribution in [-0.4, -0.2) is 46.0 Å². The predicted molar refractivity (Wildman–Crippen MR) is 135 cm³/mol. The van der Waals surface area contributed by atoms with E-state index in [1.54, 1.807) is 25.6 Å². The Bertz CT molecular complexity index is 1370. The third-order valence-corrected chi connectivity index (χ3v) is 6.93. The highest BCUT2D eigenvalue weighted by Gasteiger charge is 2.20. The minimum Gasteiger partial charge on any atom is -0.494 e. The molecule has 4 aromatic heterocycles. The van der Waals surface area contributed by atoms with Gasteiger partial charge in [0.05, 0.1) is 29.8 Å². The number of fused-ring (bicyclic) bond motifs is 1. The van der Waals surface area contributed by atoms with E-state index in [-0.39, 0.29) is 5.91 Å². The highest BCUT2D eigenvalue weighted by molar-refractivity contribution is 7.22. The monoisotopic (exact) mass is 494 g/mol. The average molecular weight is 495 g/mol. The Hall–Kier alpha value is -3.30. The summed E-state index contributed by atoms with van der Waals surface area (Å²) in [6.45, 7) is 3.90. The van der Waals surface area contributed by atoms with Crippen molar-refractivity contribution in [1.29, 1.82) is 0 Å². The van der Waals surface area contributed by atoms with E-state index >= 15 is 0 Å². The van der Waals surface area contributed by atoms with E-state index in [4.69, 9.17) is 16.3 Å². The van der Waals surface area contributed by atoms with E-state index in [2.05, 4.69) is 36.2 Å². The van der Waals surface area contributed by atoms with Gasteiger partial charge in [0.2, 0.25) is 0 Å². The van der Waals surface area contributed by atoms with Gasteiger partial charge in [-0.25, -0.2) is 15.0 Å². The van der Waals surface area contributed by atoms with E-state index in [0.29, 0.717) is 32.7 Å². The number of nitrogens with one attached hydrogen (secondary N) is 1. The molecule has 5 heterocycles. The molecule has 1 amide bonds. The number of piperidine rings is 1. The van der Waals surface area contributed by atoms with Crippen LogP contribution in [0.3, 0.4) is 0 Å². The fraction of sp³-hybridized carbons (Fsp3) is 0.292. The second-order valence-corrected chi connectivity index (χ2v) is 9.53. The molecule has 0 spiro atoms. The maximum atomic E-state index is 13.3. The van der Waals surface area contributed by atoms with Gasteiger partial charge in [0.15, 0.2) is 5.13 Å². The molecule has 10 heteroatoms. The smallest absolute Gasteiger partial charge is 0.259 e. The van der Waals surface area contributed by atoms with Crippen LogP contribution >= 0.6 is 22.9 Å². The zero-order valence-corrected chi connectivity index (χ0v) is 20.4. The van der Waals surface area contributed by atoms with Gasteiger partial charge < -0.3 is 9.64 Å². The molecule has 1 N–H and O–H groups in total. The Kier molecular flexibility index (Phi) is 6.30. The second-order valence-electron chi connectivity index (χ2n) is 8.11. The number of amides is 1. The summed E-state index contributed by atoms with van der Waals surface area (Å²) >= 11 is 7.57. The highest BCUT2D eigenvalue weighted by atomic mass is 35.5. The fourth-order valence-electron chi connectivity index (χ4n) is 4.09. The van der Waals surface area contributed by atoms with Crippen LogP contribution in [0.25, 0.3) is 21.3 Å². The fourth-order valence-corrected chi connectivity index (χ4v) is 5.11. The Morgan fingerprint density at radius 2 is 1.88 bits per heavy atom. The zero-order valence-electron chi connectivity index (χ0n) is 18.8. The SMILES string of the molecule is COc1cnc(Cl)cc1-c1cc(C)ncc1C(=O)Nc1nc2cnc(N3CCCCC3)cc2s1. The molecule has 5 rings (SSSR count). The van der Waals surface area contributed by atoms with E-state index < -0.39 is 0 Å². The third kappa shape index (κ3) is 4.53. The summed E-state index contributed by atoms with van der Waals surface area (Å²) in [7, 11) is 1.55. The Balaban J connectivity index is 1.45. The molecule has 0 unspecified atom stereocenters. The highest BCUT2D eigenvalue weighted by Crippen LogP contribution is 2.35. The molecule has 0 bridgehead atoms. The Labute approximate surface area is 206 Å². The molecule has 34 heavy (non-hydrogen) atoms. The lowest BCUT2D eigenvalue weighted by molar-refractivity contribution is 0.102. The van der Waals surface area contributed by atoms with Crippen molar-refractivity contribution in [3.63, 3.8) is 0 Å². The van der Waals surface area contributed by atoms with Crippen molar-refractivity contribution < 1.29 is 9.53 Å². The lowest BCUT2D eigenvalue weighted by atomic mass is 10.0. The van der Waals surface area contributed by atoms with Crippen LogP contribution in [0.2, 0.25) is 5.15 Å². The number of pyridine rings is 3. The lowest BCUT2D eigenvalue weighted by Gasteiger charge is -2.27. The summed E-state index contributed by atoms with van der Waals surface area (Å²) in [4.78, 5) is 33.2. The number of aromatic nitrogens is 4. The van der Waals surface area contributed by atoms with Crippen molar-refractivity contribution in [3.8, 4) is 16.9 Å². The number of methoxy groups -OCH3 is 1. The first-order valence-electron chi connectivity index (χ1n) is 11.0. The van der Waals surface area contributed by atoms with Gasteiger partial charge in [0.1, 0.15) is 22.2 Å². The summed E-state index contributed by atoms with van der Waals surface area (Å²) < 4.78 is 6.44. The first kappa shape index (κ1) is 22.5. The molecule has 1 aliphatic heterocycles. The number of halogens is 1. The zero-order chi connectivity index (χ0) is 23.7. The van der Waals surface area contributed by atoms with Gasteiger partial charge in [-0.05, 0) is 38.3 Å². The number of hydrogen-bond acceptors (Lipinski definition) is 8. The summed E-state index contributed by atoms with van der Waals surface area (Å²) in [5.41, 5.74) is 3.22. The van der Waals surface area contributed by atoms with E-state index in [0.717, 1.165) is 34.8 Å². The van der Waals surface area contributed by atoms with Crippen LogP contribution in [0.4, 0.5) is 10.9 Å². The Morgan fingerprint density at radius 3 is 2.68 bits per heavy atom. The molecular formula is C24H23ClN6O2S. The first-order chi connectivity index (χ1) is 16.5. The quantitative estimate of drug-likeness (QED) is 0.373. The van der Waals surface area contributed by atoms with Crippen molar-refractivity contribution in [2.45, 2.75) is 26.2 Å². The van der Waals surface area contributed by atoms with Crippen molar-refractivity contribution >= 4 is 50.0 Å². The van der Waals surface area contributed by atoms with Gasteiger partial charge in [0.25, 0.3) is 5.91 Å². The summed E-state index contributed by atoms with van der Waals surface area (Å²) in [6, 6.07) is 5.56. The normalized spacial score (nSPS) is 13.8. The molecule has 0 aromatic carbocycles. The Morgan fingerprint density at radius 1 is 1.06 bits per heavy atom. The van der Waals surface area contributed by atoms with Crippen LogP contribution < -0.4 is 15.0 Å². The number of carbonyl (C=O) groups is 1. The summed E-state index contributed by atoms with van der Waals surface area (Å²) in [5.74, 6) is 1.15. The molecule has 1 fully saturated rings. The number of thiazole rings is 1. The summed E-state index contributed by atoms with van der Waals surface area (Å²) in [6.07, 6.45) is 8.50. The number of anilines is 2. The molecule has 0 aliphatic carbocycles. The van der Waals surface area contributed by atoms with Gasteiger partial charge in [-0.3, -0.25) is 15.1 Å². The number of nitrogens with zero attached hydrogens (tertiary/aromatic N) is 5. The largest absolute Gasteiger partial charge is 0.494 e. The lowest BCUT2D eigenvalue weighted by Crippen LogP contribution is -2.29. The van der Waals surface area contributed by atoms with Gasteiger partial charge >= 0.3 is 0 Å². The van der Waals surface area contributed by atoms with E-state index in [1.807, 2.05) is 13.0 Å².